The Morgan fingerprint density at radius 1 is 1.25 bits per heavy atom. The molecule has 1 aromatic carbocycles. The molecule has 0 spiro atoms. The van der Waals surface area contributed by atoms with Crippen LogP contribution in [-0.4, -0.2) is 56.7 Å². The summed E-state index contributed by atoms with van der Waals surface area (Å²) in [7, 11) is 1.33. The van der Waals surface area contributed by atoms with Crippen molar-refractivity contribution in [3.63, 3.8) is 0 Å². The monoisotopic (exact) mass is 451 g/mol. The first-order chi connectivity index (χ1) is 15.4. The Hall–Kier alpha value is -3.86. The van der Waals surface area contributed by atoms with E-state index in [0.29, 0.717) is 28.9 Å². The average Bonchev–Trinajstić information content (AvgIpc) is 3.52. The minimum Gasteiger partial charge on any atom is -0.465 e. The molecule has 3 aromatic rings. The molecule has 1 N–H and O–H groups in total. The van der Waals surface area contributed by atoms with Crippen LogP contribution in [0.3, 0.4) is 0 Å². The summed E-state index contributed by atoms with van der Waals surface area (Å²) in [6.45, 7) is 0.281. The number of fused-ring (bicyclic) bond motifs is 1. The highest BCUT2D eigenvalue weighted by molar-refractivity contribution is 7.13. The van der Waals surface area contributed by atoms with Gasteiger partial charge in [0, 0.05) is 23.9 Å². The first-order valence-corrected chi connectivity index (χ1v) is 10.7. The molecular weight excluding hydrogens is 434 g/mol. The molecule has 11 heteroatoms. The van der Waals surface area contributed by atoms with Gasteiger partial charge in [-0.1, -0.05) is 5.21 Å². The fourth-order valence-corrected chi connectivity index (χ4v) is 4.73. The molecule has 2 aliphatic rings. The Morgan fingerprint density at radius 2 is 2.09 bits per heavy atom. The van der Waals surface area contributed by atoms with Gasteiger partial charge in [-0.2, -0.15) is 0 Å². The summed E-state index contributed by atoms with van der Waals surface area (Å²) < 4.78 is 6.32. The minimum absolute atomic E-state index is 0.212. The minimum atomic E-state index is -0.656. The maximum atomic E-state index is 12.8. The summed E-state index contributed by atoms with van der Waals surface area (Å²) in [5, 5.41) is 12.4. The normalized spacial score (nSPS) is 18.0. The number of nitrogens with one attached hydrogen (secondary N) is 1. The Kier molecular flexibility index (Phi) is 4.82. The van der Waals surface area contributed by atoms with Crippen LogP contribution in [0.1, 0.15) is 39.1 Å². The molecule has 0 saturated carbocycles. The van der Waals surface area contributed by atoms with Crippen LogP contribution in [0.4, 0.5) is 0 Å². The van der Waals surface area contributed by atoms with E-state index in [4.69, 9.17) is 4.74 Å². The molecular formula is C21H17N5O5S. The Morgan fingerprint density at radius 3 is 2.88 bits per heavy atom. The molecule has 10 nitrogen and oxygen atoms in total. The number of thiophene rings is 1. The molecule has 5 rings (SSSR count). The van der Waals surface area contributed by atoms with Crippen LogP contribution >= 0.6 is 11.3 Å². The number of rotatable bonds is 4. The molecule has 32 heavy (non-hydrogen) atoms. The van der Waals surface area contributed by atoms with Crippen molar-refractivity contribution in [2.75, 3.05) is 7.11 Å². The van der Waals surface area contributed by atoms with Crippen LogP contribution in [0.25, 0.3) is 16.3 Å². The molecule has 0 aliphatic carbocycles. The molecule has 1 atom stereocenters. The van der Waals surface area contributed by atoms with E-state index < -0.39 is 17.9 Å². The predicted molar refractivity (Wildman–Crippen MR) is 112 cm³/mol. The summed E-state index contributed by atoms with van der Waals surface area (Å²) in [6.07, 6.45) is 2.27. The number of methoxy groups -OCH3 is 1. The van der Waals surface area contributed by atoms with Gasteiger partial charge in [-0.25, -0.2) is 9.48 Å². The molecule has 0 bridgehead atoms. The van der Waals surface area contributed by atoms with E-state index in [-0.39, 0.29) is 24.8 Å². The number of hydrogen-bond acceptors (Lipinski definition) is 8. The van der Waals surface area contributed by atoms with E-state index in [0.717, 1.165) is 10.4 Å². The second-order valence-corrected chi connectivity index (χ2v) is 8.39. The van der Waals surface area contributed by atoms with Crippen LogP contribution in [-0.2, 0) is 20.9 Å². The van der Waals surface area contributed by atoms with Gasteiger partial charge < -0.3 is 9.64 Å². The smallest absolute Gasteiger partial charge is 0.338 e. The van der Waals surface area contributed by atoms with Gasteiger partial charge in [0.25, 0.3) is 5.91 Å². The largest absolute Gasteiger partial charge is 0.465 e. The van der Waals surface area contributed by atoms with Crippen molar-refractivity contribution >= 4 is 35.0 Å². The van der Waals surface area contributed by atoms with Crippen LogP contribution in [0, 0.1) is 0 Å². The lowest BCUT2D eigenvalue weighted by Gasteiger charge is -2.29. The van der Waals surface area contributed by atoms with Gasteiger partial charge in [0.15, 0.2) is 0 Å². The van der Waals surface area contributed by atoms with Gasteiger partial charge in [0.1, 0.15) is 11.7 Å². The van der Waals surface area contributed by atoms with Crippen molar-refractivity contribution in [1.82, 2.24) is 25.2 Å². The number of imide groups is 1. The fraction of sp³-hybridized carbons (Fsp3) is 0.238. The standard InChI is InChI=1S/C21H17N5O5S/c1-31-21(30)12-7-17(32-10-12)15-9-26(24-23-15)13-2-3-14-11(6-13)8-25(20(14)29)16-4-5-18(27)22-19(16)28/h2-3,6-7,9-10,16H,4-5,8H2,1H3,(H,22,27,28). The summed E-state index contributed by atoms with van der Waals surface area (Å²) >= 11 is 1.36. The number of benzene rings is 1. The molecule has 3 amide bonds. The molecule has 162 valence electrons. The third-order valence-electron chi connectivity index (χ3n) is 5.54. The number of esters is 1. The highest BCUT2D eigenvalue weighted by Gasteiger charge is 2.39. The van der Waals surface area contributed by atoms with Crippen molar-refractivity contribution in [1.29, 1.82) is 0 Å². The average molecular weight is 451 g/mol. The molecule has 1 fully saturated rings. The Labute approximate surface area is 185 Å². The van der Waals surface area contributed by atoms with Crippen molar-refractivity contribution in [3.05, 3.63) is 52.5 Å². The van der Waals surface area contributed by atoms with Gasteiger partial charge >= 0.3 is 5.97 Å². The van der Waals surface area contributed by atoms with Crippen LogP contribution in [0.15, 0.2) is 35.8 Å². The number of ether oxygens (including phenoxy) is 1. The van der Waals surface area contributed by atoms with Crippen LogP contribution in [0.2, 0.25) is 0 Å². The van der Waals surface area contributed by atoms with Crippen LogP contribution < -0.4 is 5.32 Å². The third-order valence-corrected chi connectivity index (χ3v) is 6.49. The van der Waals surface area contributed by atoms with Gasteiger partial charge in [0.2, 0.25) is 11.8 Å². The lowest BCUT2D eigenvalue weighted by atomic mass is 10.0. The summed E-state index contributed by atoms with van der Waals surface area (Å²) in [5.41, 5.74) is 3.07. The maximum Gasteiger partial charge on any atom is 0.338 e. The van der Waals surface area contributed by atoms with Gasteiger partial charge in [-0.3, -0.25) is 19.7 Å². The molecule has 0 radical (unpaired) electrons. The molecule has 2 aliphatic heterocycles. The molecule has 1 unspecified atom stereocenters. The SMILES string of the molecule is COC(=O)c1csc(-c2cn(-c3ccc4c(c3)CN(C3CCC(=O)NC3=O)C4=O)nn2)c1. The summed E-state index contributed by atoms with van der Waals surface area (Å²) in [4.78, 5) is 50.4. The highest BCUT2D eigenvalue weighted by Crippen LogP contribution is 2.30. The van der Waals surface area contributed by atoms with Crippen molar-refractivity contribution in [2.24, 2.45) is 0 Å². The lowest BCUT2D eigenvalue weighted by molar-refractivity contribution is -0.136. The first kappa shape index (κ1) is 20.1. The lowest BCUT2D eigenvalue weighted by Crippen LogP contribution is -2.52. The van der Waals surface area contributed by atoms with E-state index in [9.17, 15) is 19.2 Å². The van der Waals surface area contributed by atoms with Gasteiger partial charge in [-0.15, -0.1) is 16.4 Å². The third kappa shape index (κ3) is 3.36. The zero-order valence-electron chi connectivity index (χ0n) is 16.9. The number of carbonyl (C=O) groups excluding carboxylic acids is 4. The molecule has 2 aromatic heterocycles. The van der Waals surface area contributed by atoms with Crippen molar-refractivity contribution < 1.29 is 23.9 Å². The number of hydrogen-bond donors (Lipinski definition) is 1. The number of aromatic nitrogens is 3. The summed E-state index contributed by atoms with van der Waals surface area (Å²) in [5.74, 6) is -1.40. The fourth-order valence-electron chi connectivity index (χ4n) is 3.90. The van der Waals surface area contributed by atoms with E-state index in [1.54, 1.807) is 34.5 Å². The number of carbonyl (C=O) groups is 4. The molecule has 4 heterocycles. The van der Waals surface area contributed by atoms with E-state index in [2.05, 4.69) is 15.6 Å². The zero-order chi connectivity index (χ0) is 22.4. The summed E-state index contributed by atoms with van der Waals surface area (Å²) in [6, 6.07) is 6.35. The Bertz CT molecular complexity index is 1280. The van der Waals surface area contributed by atoms with E-state index in [1.165, 1.54) is 23.3 Å². The van der Waals surface area contributed by atoms with Crippen molar-refractivity contribution in [3.8, 4) is 16.3 Å². The second-order valence-electron chi connectivity index (χ2n) is 7.48. The number of amides is 3. The van der Waals surface area contributed by atoms with Crippen LogP contribution in [0.5, 0.6) is 0 Å². The van der Waals surface area contributed by atoms with E-state index >= 15 is 0 Å². The zero-order valence-corrected chi connectivity index (χ0v) is 17.7. The number of piperidine rings is 1. The van der Waals surface area contributed by atoms with Crippen molar-refractivity contribution in [2.45, 2.75) is 25.4 Å². The predicted octanol–water partition coefficient (Wildman–Crippen LogP) is 1.54. The Balaban J connectivity index is 1.38. The highest BCUT2D eigenvalue weighted by atomic mass is 32.1. The van der Waals surface area contributed by atoms with Gasteiger partial charge in [0.05, 0.1) is 29.4 Å². The number of nitrogens with zero attached hydrogens (tertiary/aromatic N) is 4. The quantitative estimate of drug-likeness (QED) is 0.471. The first-order valence-electron chi connectivity index (χ1n) is 9.82. The molecule has 1 saturated heterocycles. The van der Waals surface area contributed by atoms with E-state index in [1.807, 2.05) is 6.07 Å². The second kappa shape index (κ2) is 7.68. The topological polar surface area (TPSA) is 123 Å². The maximum absolute atomic E-state index is 12.8. The van der Waals surface area contributed by atoms with Gasteiger partial charge in [-0.05, 0) is 36.2 Å².